The molecule has 0 radical (unpaired) electrons. The highest BCUT2D eigenvalue weighted by atomic mass is 32.2. The van der Waals surface area contributed by atoms with Gasteiger partial charge in [-0.25, -0.2) is 12.7 Å². The molecule has 4 rings (SSSR count). The molecule has 0 spiro atoms. The summed E-state index contributed by atoms with van der Waals surface area (Å²) in [5.74, 6) is 0.469. The largest absolute Gasteiger partial charge is 0.311 e. The number of benzene rings is 1. The summed E-state index contributed by atoms with van der Waals surface area (Å²) >= 11 is 0. The molecule has 2 aliphatic rings. The van der Waals surface area contributed by atoms with Crippen LogP contribution < -0.4 is 5.56 Å². The SMILES string of the molecule is CCCS(=O)(=O)N1CC2CC(C1)c1ccc(-c3ccccc3CN(C)C)c(=O)n1C2. The second kappa shape index (κ2) is 8.29. The van der Waals surface area contributed by atoms with E-state index < -0.39 is 10.0 Å². The molecule has 2 aromatic rings. The Hall–Kier alpha value is -1.96. The molecular formula is C23H31N3O3S. The second-order valence-corrected chi connectivity index (χ2v) is 11.0. The minimum absolute atomic E-state index is 0.0401. The van der Waals surface area contributed by atoms with Gasteiger partial charge >= 0.3 is 0 Å². The van der Waals surface area contributed by atoms with Crippen LogP contribution in [0.2, 0.25) is 0 Å². The third-order valence-electron chi connectivity index (χ3n) is 6.22. The molecule has 0 saturated carbocycles. The predicted molar refractivity (Wildman–Crippen MR) is 120 cm³/mol. The van der Waals surface area contributed by atoms with Crippen molar-refractivity contribution in [2.45, 2.75) is 38.8 Å². The highest BCUT2D eigenvalue weighted by Gasteiger charge is 2.38. The third-order valence-corrected chi connectivity index (χ3v) is 8.23. The highest BCUT2D eigenvalue weighted by molar-refractivity contribution is 7.89. The van der Waals surface area contributed by atoms with Crippen LogP contribution in [0, 0.1) is 5.92 Å². The zero-order chi connectivity index (χ0) is 21.5. The van der Waals surface area contributed by atoms with Crippen molar-refractivity contribution in [1.82, 2.24) is 13.8 Å². The molecule has 0 amide bonds. The number of hydrogen-bond acceptors (Lipinski definition) is 4. The lowest BCUT2D eigenvalue weighted by molar-refractivity contribution is 0.186. The van der Waals surface area contributed by atoms with Gasteiger partial charge in [-0.05, 0) is 56.1 Å². The Balaban J connectivity index is 1.71. The standard InChI is InChI=1S/C23H31N3O3S/c1-4-11-30(28,29)25-13-17-12-19(16-25)22-10-9-21(23(27)26(22)14-17)20-8-6-5-7-18(20)15-24(2)3/h5-10,17,19H,4,11-16H2,1-3H3. The van der Waals surface area contributed by atoms with Crippen LogP contribution in [0.1, 0.15) is 36.9 Å². The van der Waals surface area contributed by atoms with Gasteiger partial charge in [0, 0.05) is 43.4 Å². The third kappa shape index (κ3) is 3.98. The van der Waals surface area contributed by atoms with Gasteiger partial charge in [0.05, 0.1) is 5.75 Å². The topological polar surface area (TPSA) is 62.6 Å². The number of fused-ring (bicyclic) bond motifs is 4. The molecule has 6 nitrogen and oxygen atoms in total. The molecule has 7 heteroatoms. The number of hydrogen-bond donors (Lipinski definition) is 0. The monoisotopic (exact) mass is 429 g/mol. The van der Waals surface area contributed by atoms with Crippen molar-refractivity contribution in [2.24, 2.45) is 5.92 Å². The maximum absolute atomic E-state index is 13.5. The van der Waals surface area contributed by atoms with E-state index in [4.69, 9.17) is 0 Å². The van der Waals surface area contributed by atoms with Crippen LogP contribution in [0.5, 0.6) is 0 Å². The molecule has 2 aliphatic heterocycles. The molecule has 30 heavy (non-hydrogen) atoms. The van der Waals surface area contributed by atoms with Gasteiger partial charge in [-0.3, -0.25) is 4.79 Å². The summed E-state index contributed by atoms with van der Waals surface area (Å²) in [5.41, 5.74) is 3.86. The molecule has 1 aromatic carbocycles. The summed E-state index contributed by atoms with van der Waals surface area (Å²) in [6.45, 7) is 4.26. The molecule has 1 saturated heterocycles. The fourth-order valence-corrected chi connectivity index (χ4v) is 6.60. The Morgan fingerprint density at radius 2 is 1.80 bits per heavy atom. The highest BCUT2D eigenvalue weighted by Crippen LogP contribution is 2.37. The van der Waals surface area contributed by atoms with Crippen molar-refractivity contribution < 1.29 is 8.42 Å². The number of pyridine rings is 1. The quantitative estimate of drug-likeness (QED) is 0.708. The van der Waals surface area contributed by atoms with E-state index in [9.17, 15) is 13.2 Å². The number of sulfonamides is 1. The smallest absolute Gasteiger partial charge is 0.258 e. The molecule has 2 atom stereocenters. The minimum atomic E-state index is -3.22. The van der Waals surface area contributed by atoms with Crippen LogP contribution in [0.15, 0.2) is 41.2 Å². The number of aromatic nitrogens is 1. The summed E-state index contributed by atoms with van der Waals surface area (Å²) in [5, 5.41) is 0. The van der Waals surface area contributed by atoms with E-state index in [2.05, 4.69) is 11.0 Å². The van der Waals surface area contributed by atoms with Crippen LogP contribution >= 0.6 is 0 Å². The Morgan fingerprint density at radius 3 is 2.53 bits per heavy atom. The van der Waals surface area contributed by atoms with Crippen molar-refractivity contribution >= 4 is 10.0 Å². The van der Waals surface area contributed by atoms with Crippen LogP contribution in [0.25, 0.3) is 11.1 Å². The first kappa shape index (κ1) is 21.3. The number of piperidine rings is 1. The molecule has 162 valence electrons. The van der Waals surface area contributed by atoms with Crippen molar-refractivity contribution in [1.29, 1.82) is 0 Å². The first-order chi connectivity index (χ1) is 14.3. The Kier molecular flexibility index (Phi) is 5.88. The number of rotatable bonds is 6. The van der Waals surface area contributed by atoms with Crippen molar-refractivity contribution in [3.63, 3.8) is 0 Å². The zero-order valence-corrected chi connectivity index (χ0v) is 18.9. The predicted octanol–water partition coefficient (Wildman–Crippen LogP) is 2.74. The summed E-state index contributed by atoms with van der Waals surface area (Å²) in [4.78, 5) is 15.6. The van der Waals surface area contributed by atoms with E-state index in [1.54, 1.807) is 4.31 Å². The lowest BCUT2D eigenvalue weighted by Crippen LogP contribution is -2.49. The van der Waals surface area contributed by atoms with Crippen molar-refractivity contribution in [3.05, 3.63) is 58.0 Å². The lowest BCUT2D eigenvalue weighted by Gasteiger charge is -2.42. The van der Waals surface area contributed by atoms with E-state index in [0.29, 0.717) is 26.1 Å². The van der Waals surface area contributed by atoms with Crippen LogP contribution in [0.4, 0.5) is 0 Å². The first-order valence-electron chi connectivity index (χ1n) is 10.7. The molecule has 0 N–H and O–H groups in total. The average molecular weight is 430 g/mol. The normalized spacial score (nSPS) is 21.6. The van der Waals surface area contributed by atoms with Crippen molar-refractivity contribution in [2.75, 3.05) is 32.9 Å². The van der Waals surface area contributed by atoms with E-state index in [-0.39, 0.29) is 23.1 Å². The Morgan fingerprint density at radius 1 is 1.03 bits per heavy atom. The van der Waals surface area contributed by atoms with Crippen molar-refractivity contribution in [3.8, 4) is 11.1 Å². The summed E-state index contributed by atoms with van der Waals surface area (Å²) in [6, 6.07) is 12.1. The summed E-state index contributed by atoms with van der Waals surface area (Å²) < 4.78 is 28.8. The maximum atomic E-state index is 13.5. The van der Waals surface area contributed by atoms with E-state index in [0.717, 1.165) is 35.3 Å². The van der Waals surface area contributed by atoms with Gasteiger partial charge in [-0.15, -0.1) is 0 Å². The van der Waals surface area contributed by atoms with Gasteiger partial charge in [-0.2, -0.15) is 0 Å². The van der Waals surface area contributed by atoms with Crippen LogP contribution in [0.3, 0.4) is 0 Å². The van der Waals surface area contributed by atoms with Crippen LogP contribution in [-0.2, 0) is 23.1 Å². The number of nitrogens with zero attached hydrogens (tertiary/aromatic N) is 3. The first-order valence-corrected chi connectivity index (χ1v) is 12.4. The summed E-state index contributed by atoms with van der Waals surface area (Å²) in [6.07, 6.45) is 1.58. The van der Waals surface area contributed by atoms with Gasteiger partial charge < -0.3 is 9.47 Å². The van der Waals surface area contributed by atoms with Gasteiger partial charge in [0.15, 0.2) is 0 Å². The molecular weight excluding hydrogens is 398 g/mol. The Labute approximate surface area is 179 Å². The average Bonchev–Trinajstić information content (AvgIpc) is 2.69. The maximum Gasteiger partial charge on any atom is 0.258 e. The van der Waals surface area contributed by atoms with E-state index in [1.165, 1.54) is 0 Å². The second-order valence-electron chi connectivity index (χ2n) is 8.91. The minimum Gasteiger partial charge on any atom is -0.311 e. The van der Waals surface area contributed by atoms with Gasteiger partial charge in [-0.1, -0.05) is 31.2 Å². The van der Waals surface area contributed by atoms with E-state index in [1.807, 2.05) is 55.9 Å². The van der Waals surface area contributed by atoms with Crippen LogP contribution in [-0.4, -0.2) is 55.1 Å². The molecule has 2 bridgehead atoms. The van der Waals surface area contributed by atoms with Gasteiger partial charge in [0.25, 0.3) is 5.56 Å². The lowest BCUT2D eigenvalue weighted by atomic mass is 9.83. The zero-order valence-electron chi connectivity index (χ0n) is 18.0. The molecule has 0 aliphatic carbocycles. The Bertz CT molecular complexity index is 1090. The fourth-order valence-electron chi connectivity index (χ4n) is 4.98. The van der Waals surface area contributed by atoms with E-state index >= 15 is 0 Å². The molecule has 2 unspecified atom stereocenters. The fraction of sp³-hybridized carbons (Fsp3) is 0.522. The molecule has 1 aromatic heterocycles. The van der Waals surface area contributed by atoms with Gasteiger partial charge in [0.1, 0.15) is 0 Å². The van der Waals surface area contributed by atoms with Gasteiger partial charge in [0.2, 0.25) is 10.0 Å². The summed E-state index contributed by atoms with van der Waals surface area (Å²) in [7, 11) is 0.833. The molecule has 3 heterocycles. The molecule has 1 fully saturated rings.